The molecule has 0 saturated heterocycles. The maximum Gasteiger partial charge on any atom is 0.269 e. The molecule has 0 aromatic heterocycles. The second-order valence-corrected chi connectivity index (χ2v) is 10.2. The summed E-state index contributed by atoms with van der Waals surface area (Å²) in [5.74, 6) is 0.459. The molecule has 0 unspecified atom stereocenters. The van der Waals surface area contributed by atoms with Gasteiger partial charge in [0.1, 0.15) is 9.79 Å². The monoisotopic (exact) mass is 483 g/mol. The molecule has 0 aliphatic carbocycles. The molecule has 0 radical (unpaired) electrons. The van der Waals surface area contributed by atoms with E-state index in [4.69, 9.17) is 4.36 Å². The van der Waals surface area contributed by atoms with Crippen molar-refractivity contribution in [1.29, 1.82) is 0 Å². The first-order valence-corrected chi connectivity index (χ1v) is 12.5. The Morgan fingerprint density at radius 3 is 1.83 bits per heavy atom. The highest BCUT2D eigenvalue weighted by Gasteiger charge is 2.23. The van der Waals surface area contributed by atoms with Gasteiger partial charge in [0.15, 0.2) is 5.82 Å². The summed E-state index contributed by atoms with van der Waals surface area (Å²) in [4.78, 5) is 13.7. The number of non-ortho nitro benzene ring substituents is 1. The van der Waals surface area contributed by atoms with E-state index in [0.29, 0.717) is 21.2 Å². The predicted octanol–water partition coefficient (Wildman–Crippen LogP) is 6.92. The summed E-state index contributed by atoms with van der Waals surface area (Å²) < 4.78 is 19.5. The number of rotatable bonds is 7. The zero-order valence-electron chi connectivity index (χ0n) is 19.4. The fourth-order valence-corrected chi connectivity index (χ4v) is 5.48. The van der Waals surface area contributed by atoms with Crippen LogP contribution in [-0.2, 0) is 10.1 Å². The van der Waals surface area contributed by atoms with Crippen molar-refractivity contribution in [3.8, 4) is 0 Å². The van der Waals surface area contributed by atoms with Crippen molar-refractivity contribution in [2.75, 3.05) is 11.9 Å². The molecule has 0 aliphatic heterocycles. The van der Waals surface area contributed by atoms with Crippen LogP contribution < -0.4 is 4.90 Å². The minimum absolute atomic E-state index is 0.00453. The molecule has 176 valence electrons. The van der Waals surface area contributed by atoms with E-state index >= 15 is 0 Å². The summed E-state index contributed by atoms with van der Waals surface area (Å²) in [5.41, 5.74) is 2.70. The van der Waals surface area contributed by atoms with E-state index in [1.807, 2.05) is 104 Å². The van der Waals surface area contributed by atoms with E-state index in [0.717, 1.165) is 11.3 Å². The van der Waals surface area contributed by atoms with Gasteiger partial charge in [0, 0.05) is 24.9 Å². The summed E-state index contributed by atoms with van der Waals surface area (Å²) in [6.07, 6.45) is 1.79. The molecular weight excluding hydrogens is 458 g/mol. The van der Waals surface area contributed by atoms with E-state index < -0.39 is 15.0 Å². The molecule has 0 saturated carbocycles. The molecule has 4 aromatic carbocycles. The number of hydrogen-bond acceptors (Lipinski definition) is 5. The highest BCUT2D eigenvalue weighted by atomic mass is 32.3. The van der Waals surface area contributed by atoms with Crippen molar-refractivity contribution in [1.82, 2.24) is 0 Å². The van der Waals surface area contributed by atoms with E-state index in [1.165, 1.54) is 12.1 Å². The summed E-state index contributed by atoms with van der Waals surface area (Å²) >= 11 is 0. The third-order valence-electron chi connectivity index (χ3n) is 5.51. The SMILES string of the molecule is Cc1ccc(N(C)/C(=C/c2ccc([N+](=O)[O-])cc2)N=[S+]([O-])(c2ccccc2)c2ccccc2)cc1. The lowest BCUT2D eigenvalue weighted by Gasteiger charge is -2.26. The number of hydrogen-bond donors (Lipinski definition) is 0. The van der Waals surface area contributed by atoms with Gasteiger partial charge in [-0.2, -0.15) is 0 Å². The molecular formula is C28H25N3O3S. The quantitative estimate of drug-likeness (QED) is 0.162. The van der Waals surface area contributed by atoms with Crippen molar-refractivity contribution in [2.24, 2.45) is 4.36 Å². The van der Waals surface area contributed by atoms with Gasteiger partial charge in [0.05, 0.1) is 4.92 Å². The Balaban J connectivity index is 1.93. The Hall–Kier alpha value is -4.07. The van der Waals surface area contributed by atoms with Crippen molar-refractivity contribution in [3.63, 3.8) is 0 Å². The van der Waals surface area contributed by atoms with Crippen molar-refractivity contribution in [3.05, 3.63) is 136 Å². The van der Waals surface area contributed by atoms with Gasteiger partial charge in [-0.05, 0) is 77.2 Å². The minimum Gasteiger partial charge on any atom is -0.622 e. The molecule has 0 bridgehead atoms. The molecule has 0 N–H and O–H groups in total. The summed E-state index contributed by atoms with van der Waals surface area (Å²) in [6, 6.07) is 32.5. The van der Waals surface area contributed by atoms with Crippen LogP contribution in [0.25, 0.3) is 6.08 Å². The zero-order chi connectivity index (χ0) is 24.8. The van der Waals surface area contributed by atoms with E-state index in [-0.39, 0.29) is 5.69 Å². The van der Waals surface area contributed by atoms with Crippen LogP contribution in [0.4, 0.5) is 11.4 Å². The molecule has 0 heterocycles. The van der Waals surface area contributed by atoms with Gasteiger partial charge >= 0.3 is 0 Å². The first-order valence-electron chi connectivity index (χ1n) is 11.0. The first kappa shape index (κ1) is 24.1. The van der Waals surface area contributed by atoms with Crippen LogP contribution in [-0.4, -0.2) is 16.5 Å². The zero-order valence-corrected chi connectivity index (χ0v) is 20.3. The van der Waals surface area contributed by atoms with Crippen LogP contribution in [0, 0.1) is 17.0 Å². The summed E-state index contributed by atoms with van der Waals surface area (Å²) in [6.45, 7) is 2.01. The average molecular weight is 484 g/mol. The largest absolute Gasteiger partial charge is 0.622 e. The summed E-state index contributed by atoms with van der Waals surface area (Å²) in [7, 11) is -1.18. The highest BCUT2D eigenvalue weighted by molar-refractivity contribution is 8.00. The second-order valence-electron chi connectivity index (χ2n) is 7.99. The van der Waals surface area contributed by atoms with Crippen LogP contribution in [0.3, 0.4) is 0 Å². The van der Waals surface area contributed by atoms with Crippen LogP contribution in [0.2, 0.25) is 0 Å². The minimum atomic E-state index is -3.04. The van der Waals surface area contributed by atoms with E-state index in [9.17, 15) is 14.7 Å². The fourth-order valence-electron chi connectivity index (χ4n) is 3.51. The Kier molecular flexibility index (Phi) is 7.19. The molecule has 0 fully saturated rings. The number of benzene rings is 4. The van der Waals surface area contributed by atoms with Gasteiger partial charge in [-0.1, -0.05) is 58.5 Å². The van der Waals surface area contributed by atoms with Gasteiger partial charge in [0.25, 0.3) is 5.69 Å². The molecule has 7 heteroatoms. The Bertz CT molecular complexity index is 1340. The molecule has 0 aliphatic rings. The van der Waals surface area contributed by atoms with Crippen molar-refractivity contribution >= 4 is 27.6 Å². The number of nitrogens with zero attached hydrogens (tertiary/aromatic N) is 3. The van der Waals surface area contributed by atoms with Crippen molar-refractivity contribution in [2.45, 2.75) is 16.7 Å². The lowest BCUT2D eigenvalue weighted by molar-refractivity contribution is -0.384. The van der Waals surface area contributed by atoms with Crippen molar-refractivity contribution < 1.29 is 9.48 Å². The van der Waals surface area contributed by atoms with Crippen LogP contribution in [0.15, 0.2) is 129 Å². The van der Waals surface area contributed by atoms with Gasteiger partial charge in [-0.15, -0.1) is 0 Å². The normalized spacial score (nSPS) is 11.7. The average Bonchev–Trinajstić information content (AvgIpc) is 2.89. The third kappa shape index (κ3) is 5.54. The number of nitro benzene ring substituents is 1. The molecule has 35 heavy (non-hydrogen) atoms. The van der Waals surface area contributed by atoms with Gasteiger partial charge in [-0.25, -0.2) is 0 Å². The number of nitro groups is 1. The highest BCUT2D eigenvalue weighted by Crippen LogP contribution is 2.32. The first-order chi connectivity index (χ1) is 16.9. The third-order valence-corrected chi connectivity index (χ3v) is 7.78. The Labute approximate surface area is 206 Å². The molecule has 4 rings (SSSR count). The number of aryl methyl sites for hydroxylation is 1. The van der Waals surface area contributed by atoms with E-state index in [1.54, 1.807) is 18.2 Å². The van der Waals surface area contributed by atoms with Crippen LogP contribution in [0.1, 0.15) is 11.1 Å². The molecule has 0 atom stereocenters. The maximum atomic E-state index is 14.6. The summed E-state index contributed by atoms with van der Waals surface area (Å²) in [5, 5.41) is 11.1. The Morgan fingerprint density at radius 2 is 1.34 bits per heavy atom. The maximum absolute atomic E-state index is 14.6. The number of anilines is 1. The lowest BCUT2D eigenvalue weighted by atomic mass is 10.2. The van der Waals surface area contributed by atoms with Gasteiger partial charge in [-0.3, -0.25) is 10.1 Å². The molecule has 6 nitrogen and oxygen atoms in total. The van der Waals surface area contributed by atoms with Gasteiger partial charge < -0.3 is 9.45 Å². The van der Waals surface area contributed by atoms with Gasteiger partial charge in [0.2, 0.25) is 0 Å². The topological polar surface area (TPSA) is 81.8 Å². The molecule has 0 spiro atoms. The molecule has 0 amide bonds. The predicted molar refractivity (Wildman–Crippen MR) is 141 cm³/mol. The second kappa shape index (κ2) is 10.5. The van der Waals surface area contributed by atoms with Crippen LogP contribution >= 0.6 is 0 Å². The molecule has 4 aromatic rings. The lowest BCUT2D eigenvalue weighted by Crippen LogP contribution is -2.20. The smallest absolute Gasteiger partial charge is 0.269 e. The van der Waals surface area contributed by atoms with E-state index in [2.05, 4.69) is 0 Å². The Morgan fingerprint density at radius 1 is 0.829 bits per heavy atom. The standard InChI is InChI=1S/C28H25N3O3S/c1-22-13-17-24(18-14-22)30(2)28(21-23-15-19-25(20-16-23)31(32)33)29-35(34,26-9-5-3-6-10-26)27-11-7-4-8-12-27/h3-21H,1-2H3/b28-21+. The fraction of sp³-hybridized carbons (Fsp3) is 0.0714. The van der Waals surface area contributed by atoms with Crippen LogP contribution in [0.5, 0.6) is 0 Å².